The Bertz CT molecular complexity index is 499. The van der Waals surface area contributed by atoms with E-state index in [9.17, 15) is 4.79 Å². The van der Waals surface area contributed by atoms with Gasteiger partial charge in [-0.25, -0.2) is 0 Å². The number of hydrogen-bond donors (Lipinski definition) is 0. The lowest BCUT2D eigenvalue weighted by Gasteiger charge is -2.45. The molecule has 1 aliphatic rings. The normalized spacial score (nSPS) is 19.5. The molecule has 0 aromatic heterocycles. The van der Waals surface area contributed by atoms with Gasteiger partial charge >= 0.3 is 0 Å². The van der Waals surface area contributed by atoms with Crippen LogP contribution in [0.5, 0.6) is 0 Å². The Labute approximate surface area is 123 Å². The van der Waals surface area contributed by atoms with E-state index in [1.165, 1.54) is 0 Å². The van der Waals surface area contributed by atoms with E-state index in [0.717, 1.165) is 35.2 Å². The predicted molar refractivity (Wildman–Crippen MR) is 81.5 cm³/mol. The molecule has 3 nitrogen and oxygen atoms in total. The Morgan fingerprint density at radius 3 is 2.58 bits per heavy atom. The maximum absolute atomic E-state index is 12.6. The van der Waals surface area contributed by atoms with E-state index in [1.54, 1.807) is 0 Å². The molecule has 4 heteroatoms. The monoisotopic (exact) mass is 324 g/mol. The summed E-state index contributed by atoms with van der Waals surface area (Å²) in [7, 11) is 2.11. The summed E-state index contributed by atoms with van der Waals surface area (Å²) in [5, 5.41) is 0. The molecule has 0 saturated carbocycles. The van der Waals surface area contributed by atoms with Gasteiger partial charge in [-0.2, -0.15) is 0 Å². The zero-order chi connectivity index (χ0) is 14.2. The van der Waals surface area contributed by atoms with Crippen molar-refractivity contribution in [1.29, 1.82) is 0 Å². The van der Waals surface area contributed by atoms with Crippen LogP contribution in [0.2, 0.25) is 0 Å². The third kappa shape index (κ3) is 3.00. The van der Waals surface area contributed by atoms with Crippen LogP contribution in [0.15, 0.2) is 22.7 Å². The van der Waals surface area contributed by atoms with Crippen LogP contribution in [0.1, 0.15) is 29.8 Å². The molecule has 0 atom stereocenters. The van der Waals surface area contributed by atoms with Crippen molar-refractivity contribution in [3.63, 3.8) is 0 Å². The topological polar surface area (TPSA) is 23.6 Å². The van der Waals surface area contributed by atoms with Gasteiger partial charge < -0.3 is 4.90 Å². The number of aryl methyl sites for hydroxylation is 1. The lowest BCUT2D eigenvalue weighted by molar-refractivity contribution is 0.0311. The van der Waals surface area contributed by atoms with Gasteiger partial charge in [-0.1, -0.05) is 6.07 Å². The largest absolute Gasteiger partial charge is 0.335 e. The number of halogens is 1. The molecule has 1 amide bonds. The minimum absolute atomic E-state index is 0.0328. The smallest absolute Gasteiger partial charge is 0.255 e. The van der Waals surface area contributed by atoms with E-state index in [1.807, 2.05) is 30.0 Å². The minimum Gasteiger partial charge on any atom is -0.335 e. The molecule has 0 bridgehead atoms. The van der Waals surface area contributed by atoms with Gasteiger partial charge in [-0.3, -0.25) is 9.69 Å². The van der Waals surface area contributed by atoms with E-state index in [2.05, 4.69) is 41.7 Å². The number of benzene rings is 1. The molecular weight excluding hydrogens is 304 g/mol. The summed E-state index contributed by atoms with van der Waals surface area (Å²) < 4.78 is 0.884. The van der Waals surface area contributed by atoms with Crippen LogP contribution in [0, 0.1) is 6.92 Å². The summed E-state index contributed by atoms with van der Waals surface area (Å²) in [6.45, 7) is 8.86. The van der Waals surface area contributed by atoms with Crippen LogP contribution in [-0.4, -0.2) is 47.9 Å². The first-order valence-corrected chi connectivity index (χ1v) is 7.37. The van der Waals surface area contributed by atoms with Crippen molar-refractivity contribution in [2.75, 3.05) is 26.7 Å². The molecule has 0 radical (unpaired) electrons. The number of hydrogen-bond acceptors (Lipinski definition) is 2. The lowest BCUT2D eigenvalue weighted by Crippen LogP contribution is -2.58. The molecule has 1 aromatic carbocycles. The first-order chi connectivity index (χ1) is 8.81. The van der Waals surface area contributed by atoms with Gasteiger partial charge in [-0.15, -0.1) is 0 Å². The fourth-order valence-corrected chi connectivity index (χ4v) is 3.04. The van der Waals surface area contributed by atoms with Gasteiger partial charge in [-0.05, 0) is 61.4 Å². The highest BCUT2D eigenvalue weighted by atomic mass is 79.9. The second kappa shape index (κ2) is 5.25. The SMILES string of the molecule is Cc1ccc(C(=O)N2CCN(C)C(C)(C)C2)c(Br)c1. The van der Waals surface area contributed by atoms with Crippen molar-refractivity contribution >= 4 is 21.8 Å². The van der Waals surface area contributed by atoms with Crippen molar-refractivity contribution in [2.45, 2.75) is 26.3 Å². The Morgan fingerprint density at radius 2 is 2.00 bits per heavy atom. The lowest BCUT2D eigenvalue weighted by atomic mass is 9.99. The second-order valence-electron chi connectivity index (χ2n) is 5.94. The molecule has 19 heavy (non-hydrogen) atoms. The molecule has 0 unspecified atom stereocenters. The molecule has 2 rings (SSSR count). The number of carbonyl (C=O) groups excluding carboxylic acids is 1. The quantitative estimate of drug-likeness (QED) is 0.793. The maximum Gasteiger partial charge on any atom is 0.255 e. The van der Waals surface area contributed by atoms with Gasteiger partial charge in [0.2, 0.25) is 0 Å². The minimum atomic E-state index is 0.0328. The van der Waals surface area contributed by atoms with Crippen molar-refractivity contribution in [1.82, 2.24) is 9.80 Å². The molecular formula is C15H21BrN2O. The Balaban J connectivity index is 2.21. The van der Waals surface area contributed by atoms with E-state index in [4.69, 9.17) is 0 Å². The summed E-state index contributed by atoms with van der Waals surface area (Å²) >= 11 is 3.50. The Hall–Kier alpha value is -0.870. The first-order valence-electron chi connectivity index (χ1n) is 6.58. The van der Waals surface area contributed by atoms with Gasteiger partial charge in [0.15, 0.2) is 0 Å². The highest BCUT2D eigenvalue weighted by Gasteiger charge is 2.33. The molecule has 0 aliphatic carbocycles. The first kappa shape index (κ1) is 14.5. The van der Waals surface area contributed by atoms with Crippen LogP contribution in [0.3, 0.4) is 0 Å². The van der Waals surface area contributed by atoms with Gasteiger partial charge in [0.25, 0.3) is 5.91 Å². The molecule has 1 aliphatic heterocycles. The average Bonchev–Trinajstić information content (AvgIpc) is 2.32. The van der Waals surface area contributed by atoms with Crippen molar-refractivity contribution < 1.29 is 4.79 Å². The fourth-order valence-electron chi connectivity index (χ4n) is 2.38. The van der Waals surface area contributed by atoms with E-state index in [-0.39, 0.29) is 11.4 Å². The zero-order valence-corrected chi connectivity index (χ0v) is 13.6. The number of nitrogens with zero attached hydrogens (tertiary/aromatic N) is 2. The molecule has 1 aromatic rings. The molecule has 0 spiro atoms. The number of likely N-dealkylation sites (N-methyl/N-ethyl adjacent to an activating group) is 1. The molecule has 104 valence electrons. The summed E-state index contributed by atoms with van der Waals surface area (Å²) in [4.78, 5) is 16.9. The number of amides is 1. The fraction of sp³-hybridized carbons (Fsp3) is 0.533. The molecule has 1 fully saturated rings. The Kier molecular flexibility index (Phi) is 4.02. The summed E-state index contributed by atoms with van der Waals surface area (Å²) in [5.41, 5.74) is 1.94. The molecule has 0 N–H and O–H groups in total. The van der Waals surface area contributed by atoms with E-state index in [0.29, 0.717) is 0 Å². The van der Waals surface area contributed by atoms with Crippen LogP contribution in [0.4, 0.5) is 0 Å². The molecule has 1 saturated heterocycles. The van der Waals surface area contributed by atoms with Gasteiger partial charge in [0.1, 0.15) is 0 Å². The predicted octanol–water partition coefficient (Wildman–Crippen LogP) is 2.92. The van der Waals surface area contributed by atoms with Crippen LogP contribution < -0.4 is 0 Å². The summed E-state index contributed by atoms with van der Waals surface area (Å²) in [6, 6.07) is 5.89. The van der Waals surface area contributed by atoms with Crippen LogP contribution in [0.25, 0.3) is 0 Å². The highest BCUT2D eigenvalue weighted by molar-refractivity contribution is 9.10. The van der Waals surface area contributed by atoms with Gasteiger partial charge in [0.05, 0.1) is 5.56 Å². The zero-order valence-electron chi connectivity index (χ0n) is 12.0. The van der Waals surface area contributed by atoms with Crippen LogP contribution >= 0.6 is 15.9 Å². The number of carbonyl (C=O) groups is 1. The average molecular weight is 325 g/mol. The van der Waals surface area contributed by atoms with Crippen molar-refractivity contribution in [3.8, 4) is 0 Å². The van der Waals surface area contributed by atoms with Crippen molar-refractivity contribution in [3.05, 3.63) is 33.8 Å². The van der Waals surface area contributed by atoms with E-state index >= 15 is 0 Å². The van der Waals surface area contributed by atoms with E-state index < -0.39 is 0 Å². The highest BCUT2D eigenvalue weighted by Crippen LogP contribution is 2.24. The summed E-state index contributed by atoms with van der Waals surface area (Å²) in [6.07, 6.45) is 0. The third-order valence-electron chi connectivity index (χ3n) is 3.96. The van der Waals surface area contributed by atoms with Crippen molar-refractivity contribution in [2.24, 2.45) is 0 Å². The van der Waals surface area contributed by atoms with Gasteiger partial charge in [0, 0.05) is 29.6 Å². The third-order valence-corrected chi connectivity index (χ3v) is 4.61. The van der Waals surface area contributed by atoms with Crippen LogP contribution in [-0.2, 0) is 0 Å². The maximum atomic E-state index is 12.6. The molecule has 1 heterocycles. The Morgan fingerprint density at radius 1 is 1.32 bits per heavy atom. The summed E-state index contributed by atoms with van der Waals surface area (Å²) in [5.74, 6) is 0.119. The standard InChI is InChI=1S/C15H21BrN2O/c1-11-5-6-12(13(16)9-11)14(19)18-8-7-17(4)15(2,3)10-18/h5-6,9H,7-8,10H2,1-4H3. The number of rotatable bonds is 1. The second-order valence-corrected chi connectivity index (χ2v) is 6.80. The number of piperazine rings is 1.